The van der Waals surface area contributed by atoms with Gasteiger partial charge in [0.25, 0.3) is 0 Å². The van der Waals surface area contributed by atoms with Crippen LogP contribution in [0.15, 0.2) is 54.6 Å². The van der Waals surface area contributed by atoms with Gasteiger partial charge in [-0.1, -0.05) is 30.3 Å². The molecule has 22 heavy (non-hydrogen) atoms. The Morgan fingerprint density at radius 2 is 1.73 bits per heavy atom. The summed E-state index contributed by atoms with van der Waals surface area (Å²) in [7, 11) is 0. The van der Waals surface area contributed by atoms with Gasteiger partial charge in [0.05, 0.1) is 12.2 Å². The monoisotopic (exact) mass is 299 g/mol. The normalized spacial score (nSPS) is 12.2. The van der Waals surface area contributed by atoms with Gasteiger partial charge in [-0.05, 0) is 50.6 Å². The van der Waals surface area contributed by atoms with Crippen LogP contribution in [0.2, 0.25) is 0 Å². The molecular formula is C19H25NO2. The minimum Gasteiger partial charge on any atom is -0.491 e. The molecule has 2 aromatic rings. The maximum Gasteiger partial charge on any atom is 0.120 e. The van der Waals surface area contributed by atoms with Gasteiger partial charge in [0.1, 0.15) is 5.75 Å². The van der Waals surface area contributed by atoms with Gasteiger partial charge in [0.15, 0.2) is 0 Å². The topological polar surface area (TPSA) is 32.7 Å². The zero-order valence-electron chi connectivity index (χ0n) is 13.6. The van der Waals surface area contributed by atoms with Crippen molar-refractivity contribution in [3.63, 3.8) is 0 Å². The fourth-order valence-corrected chi connectivity index (χ4v) is 2.43. The van der Waals surface area contributed by atoms with Crippen LogP contribution < -0.4 is 9.64 Å². The highest BCUT2D eigenvalue weighted by Crippen LogP contribution is 2.20. The van der Waals surface area contributed by atoms with E-state index in [1.165, 1.54) is 5.56 Å². The first-order valence-electron chi connectivity index (χ1n) is 7.78. The smallest absolute Gasteiger partial charge is 0.120 e. The van der Waals surface area contributed by atoms with Gasteiger partial charge in [-0.2, -0.15) is 0 Å². The molecule has 1 unspecified atom stereocenters. The van der Waals surface area contributed by atoms with Crippen molar-refractivity contribution in [1.82, 2.24) is 0 Å². The highest BCUT2D eigenvalue weighted by atomic mass is 16.5. The van der Waals surface area contributed by atoms with E-state index in [1.807, 2.05) is 51.1 Å². The van der Waals surface area contributed by atoms with E-state index >= 15 is 0 Å². The third kappa shape index (κ3) is 5.08. The van der Waals surface area contributed by atoms with Crippen LogP contribution >= 0.6 is 0 Å². The van der Waals surface area contributed by atoms with Crippen LogP contribution in [0.1, 0.15) is 26.3 Å². The Balaban J connectivity index is 2.16. The molecule has 0 spiro atoms. The Bertz CT molecular complexity index is 567. The minimum absolute atomic E-state index is 0.165. The zero-order chi connectivity index (χ0) is 15.9. The second-order valence-electron chi connectivity index (χ2n) is 5.88. The lowest BCUT2D eigenvalue weighted by atomic mass is 10.1. The van der Waals surface area contributed by atoms with Crippen molar-refractivity contribution >= 4 is 5.69 Å². The van der Waals surface area contributed by atoms with Gasteiger partial charge in [-0.25, -0.2) is 0 Å². The first kappa shape index (κ1) is 16.4. The van der Waals surface area contributed by atoms with Crippen molar-refractivity contribution in [3.8, 4) is 5.75 Å². The molecule has 0 aliphatic rings. The van der Waals surface area contributed by atoms with Crippen LogP contribution in [0.25, 0.3) is 0 Å². The quantitative estimate of drug-likeness (QED) is 0.842. The predicted octanol–water partition coefficient (Wildman–Crippen LogP) is 3.86. The molecular weight excluding hydrogens is 274 g/mol. The number of ether oxygens (including phenoxy) is 1. The summed E-state index contributed by atoms with van der Waals surface area (Å²) >= 11 is 0. The summed E-state index contributed by atoms with van der Waals surface area (Å²) in [5.74, 6) is 0.887. The molecule has 0 aromatic heterocycles. The number of nitrogens with zero attached hydrogens (tertiary/aromatic N) is 1. The zero-order valence-corrected chi connectivity index (χ0v) is 13.6. The summed E-state index contributed by atoms with van der Waals surface area (Å²) in [6.07, 6.45) is -0.215. The average Bonchev–Trinajstić information content (AvgIpc) is 2.47. The van der Waals surface area contributed by atoms with Crippen molar-refractivity contribution in [2.24, 2.45) is 0 Å². The van der Waals surface area contributed by atoms with E-state index < -0.39 is 0 Å². The molecule has 3 nitrogen and oxygen atoms in total. The first-order valence-corrected chi connectivity index (χ1v) is 7.78. The van der Waals surface area contributed by atoms with E-state index in [9.17, 15) is 5.11 Å². The van der Waals surface area contributed by atoms with E-state index in [0.717, 1.165) is 18.0 Å². The van der Waals surface area contributed by atoms with Crippen LogP contribution in [-0.4, -0.2) is 23.9 Å². The number of hydrogen-bond donors (Lipinski definition) is 1. The summed E-state index contributed by atoms with van der Waals surface area (Å²) in [5.41, 5.74) is 2.28. The Morgan fingerprint density at radius 1 is 1.00 bits per heavy atom. The number of benzene rings is 2. The first-order chi connectivity index (χ1) is 10.5. The van der Waals surface area contributed by atoms with Crippen LogP contribution in [0.3, 0.4) is 0 Å². The van der Waals surface area contributed by atoms with Crippen molar-refractivity contribution in [2.75, 3.05) is 11.4 Å². The van der Waals surface area contributed by atoms with Crippen molar-refractivity contribution in [1.29, 1.82) is 0 Å². The van der Waals surface area contributed by atoms with Crippen LogP contribution in [0, 0.1) is 0 Å². The van der Waals surface area contributed by atoms with Crippen LogP contribution in [0.4, 0.5) is 5.69 Å². The van der Waals surface area contributed by atoms with E-state index in [0.29, 0.717) is 6.54 Å². The molecule has 0 aliphatic carbocycles. The summed E-state index contributed by atoms with van der Waals surface area (Å²) in [5, 5.41) is 9.77. The number of aliphatic hydroxyl groups is 1. The molecule has 3 heteroatoms. The fourth-order valence-electron chi connectivity index (χ4n) is 2.43. The Hall–Kier alpha value is -2.00. The molecule has 118 valence electrons. The van der Waals surface area contributed by atoms with Gasteiger partial charge in [-0.3, -0.25) is 0 Å². The highest BCUT2D eigenvalue weighted by molar-refractivity contribution is 5.47. The molecule has 1 N–H and O–H groups in total. The second-order valence-corrected chi connectivity index (χ2v) is 5.88. The Labute approximate surface area is 133 Å². The van der Waals surface area contributed by atoms with Gasteiger partial charge in [0.2, 0.25) is 0 Å². The van der Waals surface area contributed by atoms with Crippen molar-refractivity contribution in [2.45, 2.75) is 39.5 Å². The van der Waals surface area contributed by atoms with Crippen molar-refractivity contribution in [3.05, 3.63) is 60.2 Å². The average molecular weight is 299 g/mol. The molecule has 0 heterocycles. The number of hydrogen-bond acceptors (Lipinski definition) is 3. The lowest BCUT2D eigenvalue weighted by Crippen LogP contribution is -2.30. The van der Waals surface area contributed by atoms with E-state index in [-0.39, 0.29) is 12.2 Å². The molecule has 0 fully saturated rings. The maximum atomic E-state index is 9.77. The Morgan fingerprint density at radius 3 is 2.36 bits per heavy atom. The summed E-state index contributed by atoms with van der Waals surface area (Å²) in [4.78, 5) is 2.18. The van der Waals surface area contributed by atoms with E-state index in [4.69, 9.17) is 4.74 Å². The Kier molecular flexibility index (Phi) is 5.84. The van der Waals surface area contributed by atoms with Crippen LogP contribution in [0.5, 0.6) is 5.75 Å². The number of aliphatic hydroxyl groups excluding tert-OH is 1. The fraction of sp³-hybridized carbons (Fsp3) is 0.368. The number of anilines is 1. The molecule has 0 saturated heterocycles. The standard InChI is InChI=1S/C19H25NO2/c1-15(2)22-19-11-7-8-17(12-19)14-20(13-16(3)21)18-9-5-4-6-10-18/h4-12,15-16,21H,13-14H2,1-3H3. The third-order valence-corrected chi connectivity index (χ3v) is 3.25. The van der Waals surface area contributed by atoms with Gasteiger partial charge >= 0.3 is 0 Å². The second kappa shape index (κ2) is 7.85. The molecule has 1 atom stereocenters. The predicted molar refractivity (Wildman–Crippen MR) is 91.4 cm³/mol. The molecule has 0 saturated carbocycles. The van der Waals surface area contributed by atoms with Crippen LogP contribution in [-0.2, 0) is 6.54 Å². The van der Waals surface area contributed by atoms with Gasteiger partial charge in [0, 0.05) is 18.8 Å². The summed E-state index contributed by atoms with van der Waals surface area (Å²) in [6, 6.07) is 18.3. The molecule has 0 radical (unpaired) electrons. The molecule has 2 aromatic carbocycles. The molecule has 0 bridgehead atoms. The van der Waals surface area contributed by atoms with E-state index in [1.54, 1.807) is 0 Å². The molecule has 0 aliphatic heterocycles. The lowest BCUT2D eigenvalue weighted by molar-refractivity contribution is 0.199. The number of rotatable bonds is 7. The summed E-state index contributed by atoms with van der Waals surface area (Å²) < 4.78 is 5.76. The SMILES string of the molecule is CC(O)CN(Cc1cccc(OC(C)C)c1)c1ccccc1. The van der Waals surface area contributed by atoms with E-state index in [2.05, 4.69) is 29.2 Å². The maximum absolute atomic E-state index is 9.77. The highest BCUT2D eigenvalue weighted by Gasteiger charge is 2.10. The minimum atomic E-state index is -0.379. The number of para-hydroxylation sites is 1. The van der Waals surface area contributed by atoms with Crippen molar-refractivity contribution < 1.29 is 9.84 Å². The third-order valence-electron chi connectivity index (χ3n) is 3.25. The molecule has 0 amide bonds. The molecule has 2 rings (SSSR count). The largest absolute Gasteiger partial charge is 0.491 e. The summed E-state index contributed by atoms with van der Waals surface area (Å²) in [6.45, 7) is 7.20. The van der Waals surface area contributed by atoms with Gasteiger partial charge < -0.3 is 14.7 Å². The van der Waals surface area contributed by atoms with Gasteiger partial charge in [-0.15, -0.1) is 0 Å². The lowest BCUT2D eigenvalue weighted by Gasteiger charge is -2.26.